The Morgan fingerprint density at radius 3 is 2.71 bits per heavy atom. The summed E-state index contributed by atoms with van der Waals surface area (Å²) in [4.78, 5) is 21.4. The fourth-order valence-electron chi connectivity index (χ4n) is 2.70. The van der Waals surface area contributed by atoms with Gasteiger partial charge in [-0.25, -0.2) is 9.97 Å². The number of aryl methyl sites for hydroxylation is 1. The first-order valence-corrected chi connectivity index (χ1v) is 10.5. The molecule has 2 heterocycles. The second-order valence-electron chi connectivity index (χ2n) is 6.02. The van der Waals surface area contributed by atoms with Crippen LogP contribution < -0.4 is 5.32 Å². The van der Waals surface area contributed by atoms with Crippen LogP contribution in [0.2, 0.25) is 0 Å². The summed E-state index contributed by atoms with van der Waals surface area (Å²) in [6.45, 7) is 1.99. The molecule has 0 atom stereocenters. The maximum absolute atomic E-state index is 12.8. The van der Waals surface area contributed by atoms with Crippen molar-refractivity contribution in [3.63, 3.8) is 0 Å². The SMILES string of the molecule is Cc1nc(-c2ccc(NC(=O)c3ccccc3CSc3ncn[nH]3)cc2)cs1. The molecule has 0 bridgehead atoms. The summed E-state index contributed by atoms with van der Waals surface area (Å²) in [5, 5.41) is 13.4. The lowest BCUT2D eigenvalue weighted by molar-refractivity contribution is 0.102. The molecule has 4 aromatic rings. The topological polar surface area (TPSA) is 83.6 Å². The minimum atomic E-state index is -0.133. The highest BCUT2D eigenvalue weighted by molar-refractivity contribution is 7.98. The number of H-pyrrole nitrogens is 1. The van der Waals surface area contributed by atoms with Gasteiger partial charge in [-0.1, -0.05) is 42.1 Å². The van der Waals surface area contributed by atoms with E-state index in [4.69, 9.17) is 0 Å². The van der Waals surface area contributed by atoms with E-state index < -0.39 is 0 Å². The molecule has 0 aliphatic rings. The van der Waals surface area contributed by atoms with E-state index in [1.165, 1.54) is 18.1 Å². The van der Waals surface area contributed by atoms with E-state index >= 15 is 0 Å². The Bertz CT molecular complexity index is 1070. The molecule has 0 unspecified atom stereocenters. The summed E-state index contributed by atoms with van der Waals surface area (Å²) < 4.78 is 0. The number of anilines is 1. The molecule has 0 aliphatic heterocycles. The van der Waals surface area contributed by atoms with Gasteiger partial charge in [0.15, 0.2) is 5.16 Å². The van der Waals surface area contributed by atoms with Gasteiger partial charge in [0, 0.05) is 27.9 Å². The second kappa shape index (κ2) is 8.37. The first-order valence-electron chi connectivity index (χ1n) is 8.59. The van der Waals surface area contributed by atoms with E-state index in [1.807, 2.05) is 60.8 Å². The van der Waals surface area contributed by atoms with E-state index in [0.29, 0.717) is 11.3 Å². The number of hydrogen-bond donors (Lipinski definition) is 2. The van der Waals surface area contributed by atoms with Crippen molar-refractivity contribution in [2.75, 3.05) is 5.32 Å². The Morgan fingerprint density at radius 2 is 2.00 bits per heavy atom. The number of carbonyl (C=O) groups excluding carboxylic acids is 1. The van der Waals surface area contributed by atoms with E-state index in [0.717, 1.165) is 32.7 Å². The van der Waals surface area contributed by atoms with Crippen LogP contribution in [-0.4, -0.2) is 26.1 Å². The minimum absolute atomic E-state index is 0.133. The van der Waals surface area contributed by atoms with Gasteiger partial charge in [0.25, 0.3) is 5.91 Å². The lowest BCUT2D eigenvalue weighted by Crippen LogP contribution is -2.14. The van der Waals surface area contributed by atoms with E-state index in [-0.39, 0.29) is 5.91 Å². The first-order chi connectivity index (χ1) is 13.7. The molecular weight excluding hydrogens is 390 g/mol. The average molecular weight is 408 g/mol. The highest BCUT2D eigenvalue weighted by Gasteiger charge is 2.12. The molecule has 0 saturated heterocycles. The first kappa shape index (κ1) is 18.4. The minimum Gasteiger partial charge on any atom is -0.322 e. The number of aromatic amines is 1. The van der Waals surface area contributed by atoms with Gasteiger partial charge in [-0.05, 0) is 30.7 Å². The van der Waals surface area contributed by atoms with Crippen molar-refractivity contribution in [3.8, 4) is 11.3 Å². The van der Waals surface area contributed by atoms with Gasteiger partial charge in [-0.3, -0.25) is 9.89 Å². The molecule has 6 nitrogen and oxygen atoms in total. The molecule has 0 fully saturated rings. The third-order valence-corrected chi connectivity index (χ3v) is 5.78. The van der Waals surface area contributed by atoms with Crippen LogP contribution in [0.3, 0.4) is 0 Å². The molecule has 2 N–H and O–H groups in total. The smallest absolute Gasteiger partial charge is 0.255 e. The number of benzene rings is 2. The third-order valence-electron chi connectivity index (χ3n) is 4.08. The average Bonchev–Trinajstić information content (AvgIpc) is 3.39. The summed E-state index contributed by atoms with van der Waals surface area (Å²) in [6.07, 6.45) is 1.47. The Morgan fingerprint density at radius 1 is 1.18 bits per heavy atom. The van der Waals surface area contributed by atoms with Crippen LogP contribution in [0.1, 0.15) is 20.9 Å². The van der Waals surface area contributed by atoms with E-state index in [2.05, 4.69) is 25.5 Å². The molecule has 4 rings (SSSR count). The molecule has 1 amide bonds. The van der Waals surface area contributed by atoms with Crippen LogP contribution in [0.4, 0.5) is 5.69 Å². The summed E-state index contributed by atoms with van der Waals surface area (Å²) in [6, 6.07) is 15.3. The highest BCUT2D eigenvalue weighted by Crippen LogP contribution is 2.24. The van der Waals surface area contributed by atoms with Crippen LogP contribution in [-0.2, 0) is 5.75 Å². The maximum Gasteiger partial charge on any atom is 0.255 e. The number of thiazole rings is 1. The molecule has 0 aliphatic carbocycles. The molecule has 0 radical (unpaired) electrons. The second-order valence-corrected chi connectivity index (χ2v) is 8.05. The van der Waals surface area contributed by atoms with Crippen molar-refractivity contribution in [2.24, 2.45) is 0 Å². The Labute approximate surface area is 170 Å². The maximum atomic E-state index is 12.8. The molecule has 2 aromatic carbocycles. The number of amides is 1. The fourth-order valence-corrected chi connectivity index (χ4v) is 4.10. The zero-order valence-electron chi connectivity index (χ0n) is 15.0. The summed E-state index contributed by atoms with van der Waals surface area (Å²) >= 11 is 3.13. The Balaban J connectivity index is 1.46. The van der Waals surface area contributed by atoms with Crippen LogP contribution in [0.5, 0.6) is 0 Å². The zero-order chi connectivity index (χ0) is 19.3. The van der Waals surface area contributed by atoms with Gasteiger partial charge in [0.05, 0.1) is 10.7 Å². The van der Waals surface area contributed by atoms with Gasteiger partial charge in [0.2, 0.25) is 0 Å². The molecule has 8 heteroatoms. The molecule has 140 valence electrons. The van der Waals surface area contributed by atoms with Gasteiger partial charge < -0.3 is 5.32 Å². The summed E-state index contributed by atoms with van der Waals surface area (Å²) in [5.41, 5.74) is 4.32. The number of aromatic nitrogens is 4. The lowest BCUT2D eigenvalue weighted by Gasteiger charge is -2.10. The normalized spacial score (nSPS) is 10.8. The zero-order valence-corrected chi connectivity index (χ0v) is 16.7. The number of thioether (sulfide) groups is 1. The number of nitrogens with zero attached hydrogens (tertiary/aromatic N) is 3. The van der Waals surface area contributed by atoms with Crippen molar-refractivity contribution >= 4 is 34.7 Å². The number of rotatable bonds is 6. The summed E-state index contributed by atoms with van der Waals surface area (Å²) in [5.74, 6) is 0.493. The third kappa shape index (κ3) is 4.29. The van der Waals surface area contributed by atoms with Crippen molar-refractivity contribution < 1.29 is 4.79 Å². The lowest BCUT2D eigenvalue weighted by atomic mass is 10.1. The molecule has 28 heavy (non-hydrogen) atoms. The van der Waals surface area contributed by atoms with Gasteiger partial charge >= 0.3 is 0 Å². The predicted octanol–water partition coefficient (Wildman–Crippen LogP) is 4.78. The van der Waals surface area contributed by atoms with Crippen LogP contribution in [0.25, 0.3) is 11.3 Å². The molecule has 0 spiro atoms. The monoisotopic (exact) mass is 407 g/mol. The Hall–Kier alpha value is -2.97. The van der Waals surface area contributed by atoms with Crippen molar-refractivity contribution in [1.29, 1.82) is 0 Å². The van der Waals surface area contributed by atoms with Gasteiger partial charge in [-0.2, -0.15) is 5.10 Å². The number of nitrogens with one attached hydrogen (secondary N) is 2. The van der Waals surface area contributed by atoms with Crippen LogP contribution in [0, 0.1) is 6.92 Å². The molecule has 2 aromatic heterocycles. The summed E-state index contributed by atoms with van der Waals surface area (Å²) in [7, 11) is 0. The largest absolute Gasteiger partial charge is 0.322 e. The van der Waals surface area contributed by atoms with Crippen molar-refractivity contribution in [1.82, 2.24) is 20.2 Å². The molecular formula is C20H17N5OS2. The molecule has 0 saturated carbocycles. The highest BCUT2D eigenvalue weighted by atomic mass is 32.2. The van der Waals surface area contributed by atoms with Crippen LogP contribution >= 0.6 is 23.1 Å². The van der Waals surface area contributed by atoms with E-state index in [1.54, 1.807) is 11.3 Å². The quantitative estimate of drug-likeness (QED) is 0.449. The number of carbonyl (C=O) groups is 1. The van der Waals surface area contributed by atoms with E-state index in [9.17, 15) is 4.79 Å². The predicted molar refractivity (Wildman–Crippen MR) is 113 cm³/mol. The van der Waals surface area contributed by atoms with Crippen molar-refractivity contribution in [3.05, 3.63) is 76.4 Å². The Kier molecular flexibility index (Phi) is 5.50. The van der Waals surface area contributed by atoms with Gasteiger partial charge in [-0.15, -0.1) is 11.3 Å². The number of hydrogen-bond acceptors (Lipinski definition) is 6. The standard InChI is InChI=1S/C20H17N5OS2/c1-13-23-18(11-27-13)14-6-8-16(9-7-14)24-19(26)17-5-3-2-4-15(17)10-28-20-21-12-22-25-20/h2-9,11-12H,10H2,1H3,(H,24,26)(H,21,22,25). The fraction of sp³-hybridized carbons (Fsp3) is 0.100. The van der Waals surface area contributed by atoms with Crippen molar-refractivity contribution in [2.45, 2.75) is 17.8 Å². The van der Waals surface area contributed by atoms with Crippen LogP contribution in [0.15, 0.2) is 65.4 Å². The van der Waals surface area contributed by atoms with Gasteiger partial charge in [0.1, 0.15) is 6.33 Å².